The molecule has 1 fully saturated rings. The van der Waals surface area contributed by atoms with Gasteiger partial charge in [-0.05, 0) is 30.5 Å². The van der Waals surface area contributed by atoms with Crippen LogP contribution in [0.3, 0.4) is 0 Å². The summed E-state index contributed by atoms with van der Waals surface area (Å²) in [6, 6.07) is 5.86. The van der Waals surface area contributed by atoms with Gasteiger partial charge in [-0.25, -0.2) is 4.98 Å². The number of rotatable bonds is 3. The van der Waals surface area contributed by atoms with Gasteiger partial charge in [0.2, 0.25) is 0 Å². The first-order chi connectivity index (χ1) is 8.26. The summed E-state index contributed by atoms with van der Waals surface area (Å²) in [7, 11) is 1.41. The van der Waals surface area contributed by atoms with Crippen LogP contribution in [-0.2, 0) is 16.0 Å². The maximum atomic E-state index is 11.2. The summed E-state index contributed by atoms with van der Waals surface area (Å²) >= 11 is 0. The number of H-pyrrole nitrogens is 1. The molecule has 0 aliphatic heterocycles. The number of hydrogen-bond donors (Lipinski definition) is 1. The van der Waals surface area contributed by atoms with E-state index in [9.17, 15) is 4.79 Å². The minimum atomic E-state index is -0.216. The largest absolute Gasteiger partial charge is 0.469 e. The molecule has 0 bridgehead atoms. The molecule has 17 heavy (non-hydrogen) atoms. The van der Waals surface area contributed by atoms with Crippen molar-refractivity contribution in [1.82, 2.24) is 9.97 Å². The Morgan fingerprint density at radius 2 is 2.35 bits per heavy atom. The number of hydrogen-bond acceptors (Lipinski definition) is 3. The van der Waals surface area contributed by atoms with Gasteiger partial charge in [0.05, 0.1) is 24.6 Å². The fourth-order valence-electron chi connectivity index (χ4n) is 1.98. The first-order valence-electron chi connectivity index (χ1n) is 5.81. The number of aromatic nitrogens is 2. The summed E-state index contributed by atoms with van der Waals surface area (Å²) in [5, 5.41) is 0. The van der Waals surface area contributed by atoms with Gasteiger partial charge >= 0.3 is 5.97 Å². The van der Waals surface area contributed by atoms with Crippen LogP contribution in [0.15, 0.2) is 18.2 Å². The summed E-state index contributed by atoms with van der Waals surface area (Å²) < 4.78 is 4.65. The molecule has 88 valence electrons. The van der Waals surface area contributed by atoms with Crippen LogP contribution in [0.1, 0.15) is 30.1 Å². The summed E-state index contributed by atoms with van der Waals surface area (Å²) in [6.07, 6.45) is 2.77. The molecule has 1 aliphatic rings. The number of carbonyl (C=O) groups excluding carboxylic acids is 1. The quantitative estimate of drug-likeness (QED) is 0.822. The highest BCUT2D eigenvalue weighted by Gasteiger charge is 2.26. The number of imidazole rings is 1. The van der Waals surface area contributed by atoms with Crippen molar-refractivity contribution in [1.29, 1.82) is 0 Å². The molecule has 4 nitrogen and oxygen atoms in total. The molecule has 1 aromatic carbocycles. The van der Waals surface area contributed by atoms with E-state index < -0.39 is 0 Å². The first-order valence-corrected chi connectivity index (χ1v) is 5.81. The normalized spacial score (nSPS) is 15.1. The van der Waals surface area contributed by atoms with E-state index in [0.717, 1.165) is 22.4 Å². The summed E-state index contributed by atoms with van der Waals surface area (Å²) in [4.78, 5) is 19.1. The fraction of sp³-hybridized carbons (Fsp3) is 0.385. The van der Waals surface area contributed by atoms with Crippen LogP contribution in [0.4, 0.5) is 0 Å². The zero-order valence-electron chi connectivity index (χ0n) is 9.69. The van der Waals surface area contributed by atoms with Crippen LogP contribution in [0, 0.1) is 0 Å². The second kappa shape index (κ2) is 3.87. The highest BCUT2D eigenvalue weighted by atomic mass is 16.5. The van der Waals surface area contributed by atoms with E-state index in [1.165, 1.54) is 20.0 Å². The minimum Gasteiger partial charge on any atom is -0.469 e. The second-order valence-electron chi connectivity index (χ2n) is 4.50. The smallest absolute Gasteiger partial charge is 0.309 e. The average Bonchev–Trinajstić information content (AvgIpc) is 3.09. The van der Waals surface area contributed by atoms with Gasteiger partial charge in [-0.3, -0.25) is 4.79 Å². The third-order valence-corrected chi connectivity index (χ3v) is 3.10. The van der Waals surface area contributed by atoms with Crippen molar-refractivity contribution in [3.8, 4) is 0 Å². The number of aromatic amines is 1. The SMILES string of the molecule is COC(=O)Cc1ccc2nc(C3CC3)[nH]c2c1. The van der Waals surface area contributed by atoms with Crippen molar-refractivity contribution >= 4 is 17.0 Å². The number of carbonyl (C=O) groups is 1. The number of fused-ring (bicyclic) bond motifs is 1. The van der Waals surface area contributed by atoms with E-state index >= 15 is 0 Å². The zero-order chi connectivity index (χ0) is 11.8. The summed E-state index contributed by atoms with van der Waals surface area (Å²) in [6.45, 7) is 0. The van der Waals surface area contributed by atoms with Gasteiger partial charge in [-0.1, -0.05) is 6.07 Å². The number of nitrogens with one attached hydrogen (secondary N) is 1. The summed E-state index contributed by atoms with van der Waals surface area (Å²) in [5.41, 5.74) is 2.93. The van der Waals surface area contributed by atoms with Crippen LogP contribution in [-0.4, -0.2) is 23.0 Å². The Kier molecular flexibility index (Phi) is 2.35. The Labute approximate surface area is 99.0 Å². The molecule has 0 spiro atoms. The molecule has 0 amide bonds. The molecule has 1 heterocycles. The van der Waals surface area contributed by atoms with Crippen LogP contribution in [0.5, 0.6) is 0 Å². The number of benzene rings is 1. The van der Waals surface area contributed by atoms with Gasteiger partial charge in [0.1, 0.15) is 5.82 Å². The molecule has 0 radical (unpaired) electrons. The highest BCUT2D eigenvalue weighted by Crippen LogP contribution is 2.39. The van der Waals surface area contributed by atoms with Gasteiger partial charge < -0.3 is 9.72 Å². The lowest BCUT2D eigenvalue weighted by atomic mass is 10.1. The van der Waals surface area contributed by atoms with Crippen molar-refractivity contribution in [2.24, 2.45) is 0 Å². The third-order valence-electron chi connectivity index (χ3n) is 3.10. The molecule has 3 rings (SSSR count). The maximum absolute atomic E-state index is 11.2. The maximum Gasteiger partial charge on any atom is 0.309 e. The van der Waals surface area contributed by atoms with E-state index in [0.29, 0.717) is 12.3 Å². The Balaban J connectivity index is 1.91. The molecule has 0 atom stereocenters. The highest BCUT2D eigenvalue weighted by molar-refractivity contribution is 5.79. The number of esters is 1. The van der Waals surface area contributed by atoms with Gasteiger partial charge in [-0.15, -0.1) is 0 Å². The lowest BCUT2D eigenvalue weighted by molar-refractivity contribution is -0.139. The molecule has 1 saturated carbocycles. The van der Waals surface area contributed by atoms with E-state index in [-0.39, 0.29) is 5.97 Å². The van der Waals surface area contributed by atoms with Crippen LogP contribution in [0.2, 0.25) is 0 Å². The minimum absolute atomic E-state index is 0.216. The molecule has 4 heteroatoms. The Morgan fingerprint density at radius 1 is 1.53 bits per heavy atom. The van der Waals surface area contributed by atoms with Gasteiger partial charge in [0.15, 0.2) is 0 Å². The van der Waals surface area contributed by atoms with Gasteiger partial charge in [-0.2, -0.15) is 0 Å². The van der Waals surface area contributed by atoms with Crippen LogP contribution >= 0.6 is 0 Å². The molecule has 0 unspecified atom stereocenters. The predicted octanol–water partition coefficient (Wildman–Crippen LogP) is 2.16. The Bertz CT molecular complexity index is 570. The number of ether oxygens (including phenoxy) is 1. The monoisotopic (exact) mass is 230 g/mol. The van der Waals surface area contributed by atoms with Crippen molar-refractivity contribution in [2.75, 3.05) is 7.11 Å². The van der Waals surface area contributed by atoms with Crippen molar-refractivity contribution < 1.29 is 9.53 Å². The molecule has 1 aromatic heterocycles. The van der Waals surface area contributed by atoms with Crippen LogP contribution < -0.4 is 0 Å². The molecular weight excluding hydrogens is 216 g/mol. The molecule has 0 saturated heterocycles. The zero-order valence-corrected chi connectivity index (χ0v) is 9.69. The van der Waals surface area contributed by atoms with E-state index in [2.05, 4.69) is 14.7 Å². The first kappa shape index (κ1) is 10.3. The predicted molar refractivity (Wildman–Crippen MR) is 63.8 cm³/mol. The van der Waals surface area contributed by atoms with Crippen molar-refractivity contribution in [3.63, 3.8) is 0 Å². The average molecular weight is 230 g/mol. The lowest BCUT2D eigenvalue weighted by Gasteiger charge is -1.99. The van der Waals surface area contributed by atoms with Crippen molar-refractivity contribution in [2.45, 2.75) is 25.2 Å². The standard InChI is InChI=1S/C13H14N2O2/c1-17-12(16)7-8-2-5-10-11(6-8)15-13(14-10)9-3-4-9/h2,5-6,9H,3-4,7H2,1H3,(H,14,15). The topological polar surface area (TPSA) is 55.0 Å². The van der Waals surface area contributed by atoms with Crippen LogP contribution in [0.25, 0.3) is 11.0 Å². The van der Waals surface area contributed by atoms with E-state index in [1.807, 2.05) is 18.2 Å². The molecule has 1 aliphatic carbocycles. The Morgan fingerprint density at radius 3 is 3.06 bits per heavy atom. The fourth-order valence-corrected chi connectivity index (χ4v) is 1.98. The van der Waals surface area contributed by atoms with Crippen molar-refractivity contribution in [3.05, 3.63) is 29.6 Å². The molecular formula is C13H14N2O2. The van der Waals surface area contributed by atoms with Gasteiger partial charge in [0.25, 0.3) is 0 Å². The van der Waals surface area contributed by atoms with Gasteiger partial charge in [0, 0.05) is 5.92 Å². The summed E-state index contributed by atoms with van der Waals surface area (Å²) in [5.74, 6) is 1.48. The van der Waals surface area contributed by atoms with E-state index in [4.69, 9.17) is 0 Å². The second-order valence-corrected chi connectivity index (χ2v) is 4.50. The molecule has 1 N–H and O–H groups in total. The van der Waals surface area contributed by atoms with E-state index in [1.54, 1.807) is 0 Å². The molecule has 2 aromatic rings. The number of methoxy groups -OCH3 is 1. The number of nitrogens with zero attached hydrogens (tertiary/aromatic N) is 1. The lowest BCUT2D eigenvalue weighted by Crippen LogP contribution is -2.04. The third kappa shape index (κ3) is 2.02. The Hall–Kier alpha value is -1.84.